The van der Waals surface area contributed by atoms with Gasteiger partial charge < -0.3 is 10.6 Å². The average Bonchev–Trinajstić information content (AvgIpc) is 3.15. The van der Waals surface area contributed by atoms with Crippen LogP contribution in [0.25, 0.3) is 10.7 Å². The zero-order valence-corrected chi connectivity index (χ0v) is 15.4. The predicted octanol–water partition coefficient (Wildman–Crippen LogP) is 3.06. The molecule has 2 aliphatic heterocycles. The van der Waals surface area contributed by atoms with E-state index in [1.807, 2.05) is 18.2 Å². The normalized spacial score (nSPS) is 24.6. The standard InChI is InChI=1S/C16H18N4OS.2ClH/c21-15(20-12-7-10-4-5-11(8-12)19-10)14-9-18-16(22-14)13-3-1-2-6-17-13;;/h1-3,6,9-12,19H,4-5,7-8H2,(H,20,21);2*1H. The van der Waals surface area contributed by atoms with Crippen LogP contribution in [0.3, 0.4) is 0 Å². The van der Waals surface area contributed by atoms with Gasteiger partial charge >= 0.3 is 0 Å². The summed E-state index contributed by atoms with van der Waals surface area (Å²) in [6, 6.07) is 7.14. The van der Waals surface area contributed by atoms with Gasteiger partial charge in [0.25, 0.3) is 5.91 Å². The fourth-order valence-corrected chi connectivity index (χ4v) is 4.21. The highest BCUT2D eigenvalue weighted by Gasteiger charge is 2.34. The van der Waals surface area contributed by atoms with Crippen molar-refractivity contribution in [2.45, 2.75) is 43.8 Å². The number of nitrogens with zero attached hydrogens (tertiary/aromatic N) is 2. The first-order valence-corrected chi connectivity index (χ1v) is 8.54. The Balaban J connectivity index is 0.00000104. The molecule has 2 bridgehead atoms. The molecule has 2 aromatic heterocycles. The van der Waals surface area contributed by atoms with Crippen molar-refractivity contribution < 1.29 is 4.79 Å². The van der Waals surface area contributed by atoms with Crippen LogP contribution >= 0.6 is 36.2 Å². The van der Waals surface area contributed by atoms with Crippen molar-refractivity contribution >= 4 is 42.1 Å². The lowest BCUT2D eigenvalue weighted by molar-refractivity contribution is 0.0928. The second kappa shape index (κ2) is 8.25. The molecular weight excluding hydrogens is 367 g/mol. The lowest BCUT2D eigenvalue weighted by Gasteiger charge is -2.29. The molecule has 2 atom stereocenters. The smallest absolute Gasteiger partial charge is 0.263 e. The van der Waals surface area contributed by atoms with Gasteiger partial charge in [0.2, 0.25) is 0 Å². The second-order valence-electron chi connectivity index (χ2n) is 6.02. The van der Waals surface area contributed by atoms with Crippen LogP contribution in [0.15, 0.2) is 30.6 Å². The summed E-state index contributed by atoms with van der Waals surface area (Å²) in [6.45, 7) is 0. The van der Waals surface area contributed by atoms with Gasteiger partial charge in [-0.25, -0.2) is 4.98 Å². The molecule has 2 aromatic rings. The summed E-state index contributed by atoms with van der Waals surface area (Å²) in [4.78, 5) is 21.7. The van der Waals surface area contributed by atoms with Crippen molar-refractivity contribution in [2.75, 3.05) is 0 Å². The molecule has 0 radical (unpaired) electrons. The Morgan fingerprint density at radius 3 is 2.58 bits per heavy atom. The van der Waals surface area contributed by atoms with E-state index in [9.17, 15) is 4.79 Å². The number of thiazole rings is 1. The predicted molar refractivity (Wildman–Crippen MR) is 100 cm³/mol. The molecule has 5 nitrogen and oxygen atoms in total. The molecule has 130 valence electrons. The summed E-state index contributed by atoms with van der Waals surface area (Å²) < 4.78 is 0. The van der Waals surface area contributed by atoms with Crippen LogP contribution in [0, 0.1) is 0 Å². The number of piperidine rings is 1. The molecule has 2 aliphatic rings. The Morgan fingerprint density at radius 1 is 1.17 bits per heavy atom. The third-order valence-corrected chi connectivity index (χ3v) is 5.44. The molecule has 0 aromatic carbocycles. The minimum absolute atomic E-state index is 0. The Bertz CT molecular complexity index is 670. The fraction of sp³-hybridized carbons (Fsp3) is 0.438. The SMILES string of the molecule is Cl.Cl.O=C(NC1CC2CCC(C1)N2)c1cnc(-c2ccccn2)s1. The van der Waals surface area contributed by atoms with Gasteiger partial charge in [-0.2, -0.15) is 0 Å². The summed E-state index contributed by atoms with van der Waals surface area (Å²) in [5.74, 6) is -0.00835. The van der Waals surface area contributed by atoms with Gasteiger partial charge in [-0.1, -0.05) is 6.07 Å². The molecule has 0 saturated carbocycles. The van der Waals surface area contributed by atoms with Crippen LogP contribution in [0.2, 0.25) is 0 Å². The second-order valence-corrected chi connectivity index (χ2v) is 7.05. The quantitative estimate of drug-likeness (QED) is 0.850. The van der Waals surface area contributed by atoms with Gasteiger partial charge in [-0.15, -0.1) is 36.2 Å². The Labute approximate surface area is 157 Å². The highest BCUT2D eigenvalue weighted by molar-refractivity contribution is 7.16. The molecule has 2 unspecified atom stereocenters. The molecule has 4 rings (SSSR count). The molecule has 8 heteroatoms. The van der Waals surface area contributed by atoms with Crippen molar-refractivity contribution in [3.8, 4) is 10.7 Å². The highest BCUT2D eigenvalue weighted by Crippen LogP contribution is 2.28. The highest BCUT2D eigenvalue weighted by atomic mass is 35.5. The Morgan fingerprint density at radius 2 is 1.92 bits per heavy atom. The van der Waals surface area contributed by atoms with Crippen LogP contribution in [0.1, 0.15) is 35.4 Å². The number of rotatable bonds is 3. The topological polar surface area (TPSA) is 66.9 Å². The minimum Gasteiger partial charge on any atom is -0.348 e. The molecule has 4 heterocycles. The van der Waals surface area contributed by atoms with Crippen LogP contribution in [-0.4, -0.2) is 34.0 Å². The zero-order chi connectivity index (χ0) is 14.9. The molecule has 0 aliphatic carbocycles. The number of hydrogen-bond donors (Lipinski definition) is 2. The third-order valence-electron chi connectivity index (χ3n) is 4.42. The maximum absolute atomic E-state index is 12.4. The van der Waals surface area contributed by atoms with Gasteiger partial charge in [0.15, 0.2) is 0 Å². The van der Waals surface area contributed by atoms with Gasteiger partial charge in [0.1, 0.15) is 9.88 Å². The van der Waals surface area contributed by atoms with Gasteiger partial charge in [0.05, 0.1) is 11.9 Å². The van der Waals surface area contributed by atoms with Crippen molar-refractivity contribution in [3.63, 3.8) is 0 Å². The number of pyridine rings is 1. The monoisotopic (exact) mass is 386 g/mol. The first kappa shape index (κ1) is 19.1. The number of halogens is 2. The first-order chi connectivity index (χ1) is 10.8. The summed E-state index contributed by atoms with van der Waals surface area (Å²) >= 11 is 1.40. The van der Waals surface area contributed by atoms with E-state index in [0.29, 0.717) is 17.0 Å². The molecule has 1 amide bonds. The summed E-state index contributed by atoms with van der Waals surface area (Å²) in [6.07, 6.45) is 7.94. The number of aromatic nitrogens is 2. The maximum Gasteiger partial charge on any atom is 0.263 e. The van der Waals surface area contributed by atoms with E-state index in [0.717, 1.165) is 23.5 Å². The summed E-state index contributed by atoms with van der Waals surface area (Å²) in [7, 11) is 0. The van der Waals surface area contributed by atoms with E-state index in [4.69, 9.17) is 0 Å². The van der Waals surface area contributed by atoms with Crippen molar-refractivity contribution in [3.05, 3.63) is 35.5 Å². The molecule has 24 heavy (non-hydrogen) atoms. The van der Waals surface area contributed by atoms with E-state index < -0.39 is 0 Å². The number of nitrogens with one attached hydrogen (secondary N) is 2. The van der Waals surface area contributed by atoms with Crippen LogP contribution < -0.4 is 10.6 Å². The van der Waals surface area contributed by atoms with Crippen molar-refractivity contribution in [2.24, 2.45) is 0 Å². The molecule has 2 saturated heterocycles. The Kier molecular flexibility index (Phi) is 6.57. The molecule has 0 spiro atoms. The van der Waals surface area contributed by atoms with E-state index >= 15 is 0 Å². The van der Waals surface area contributed by atoms with E-state index in [1.165, 1.54) is 24.2 Å². The van der Waals surface area contributed by atoms with Gasteiger partial charge in [-0.3, -0.25) is 9.78 Å². The maximum atomic E-state index is 12.4. The van der Waals surface area contributed by atoms with Crippen molar-refractivity contribution in [1.82, 2.24) is 20.6 Å². The molecule has 2 N–H and O–H groups in total. The van der Waals surface area contributed by atoms with Crippen LogP contribution in [-0.2, 0) is 0 Å². The van der Waals surface area contributed by atoms with Gasteiger partial charge in [-0.05, 0) is 37.8 Å². The summed E-state index contributed by atoms with van der Waals surface area (Å²) in [5, 5.41) is 7.55. The van der Waals surface area contributed by atoms with E-state index in [1.54, 1.807) is 12.4 Å². The molecule has 2 fully saturated rings. The minimum atomic E-state index is -0.00835. The third kappa shape index (κ3) is 4.06. The number of hydrogen-bond acceptors (Lipinski definition) is 5. The lowest BCUT2D eigenvalue weighted by Crippen LogP contribution is -2.47. The number of fused-ring (bicyclic) bond motifs is 2. The van der Waals surface area contributed by atoms with Crippen LogP contribution in [0.4, 0.5) is 0 Å². The fourth-order valence-electron chi connectivity index (χ4n) is 3.42. The first-order valence-electron chi connectivity index (χ1n) is 7.72. The molecular formula is C16H20Cl2N4OS. The van der Waals surface area contributed by atoms with E-state index in [-0.39, 0.29) is 36.8 Å². The number of amides is 1. The zero-order valence-electron chi connectivity index (χ0n) is 13.0. The van der Waals surface area contributed by atoms with Crippen molar-refractivity contribution in [1.29, 1.82) is 0 Å². The lowest BCUT2D eigenvalue weighted by atomic mass is 10.00. The average molecular weight is 387 g/mol. The van der Waals surface area contributed by atoms with E-state index in [2.05, 4.69) is 20.6 Å². The summed E-state index contributed by atoms with van der Waals surface area (Å²) in [5.41, 5.74) is 0.812. The van der Waals surface area contributed by atoms with Gasteiger partial charge in [0, 0.05) is 24.3 Å². The number of carbonyl (C=O) groups is 1. The number of carbonyl (C=O) groups excluding carboxylic acids is 1. The Hall–Kier alpha value is -1.21. The largest absolute Gasteiger partial charge is 0.348 e. The van der Waals surface area contributed by atoms with Crippen LogP contribution in [0.5, 0.6) is 0 Å².